The van der Waals surface area contributed by atoms with Crippen LogP contribution in [0.3, 0.4) is 0 Å². The second kappa shape index (κ2) is 8.15. The van der Waals surface area contributed by atoms with Gasteiger partial charge in [0.2, 0.25) is 0 Å². The third-order valence-electron chi connectivity index (χ3n) is 2.48. The van der Waals surface area contributed by atoms with Gasteiger partial charge in [-0.15, -0.1) is 0 Å². The molecule has 0 atom stereocenters. The van der Waals surface area contributed by atoms with Gasteiger partial charge in [-0.25, -0.2) is 0 Å². The van der Waals surface area contributed by atoms with Crippen molar-refractivity contribution in [3.05, 3.63) is 22.5 Å². The van der Waals surface area contributed by atoms with E-state index in [4.69, 9.17) is 8.23 Å². The standard InChI is InChI=1S/C10H24O3Si3/c1-6-9(4)14-12-16(11,8-3)13-15-10(5)7-2/h6-7,11H,8,14-15H2,1-5H3. The quantitative estimate of drug-likeness (QED) is 0.705. The van der Waals surface area contributed by atoms with Crippen LogP contribution in [0.15, 0.2) is 22.5 Å². The summed E-state index contributed by atoms with van der Waals surface area (Å²) in [6.45, 7) is 10.0. The predicted molar refractivity (Wildman–Crippen MR) is 76.6 cm³/mol. The molecule has 94 valence electrons. The fourth-order valence-electron chi connectivity index (χ4n) is 0.866. The van der Waals surface area contributed by atoms with E-state index in [0.29, 0.717) is 6.04 Å². The lowest BCUT2D eigenvalue weighted by atomic mass is 10.6. The van der Waals surface area contributed by atoms with Crippen molar-refractivity contribution < 1.29 is 13.0 Å². The highest BCUT2D eigenvalue weighted by atomic mass is 28.4. The minimum absolute atomic E-state index is 0.612. The third-order valence-corrected chi connectivity index (χ3v) is 9.87. The maximum Gasteiger partial charge on any atom is 0.476 e. The highest BCUT2D eigenvalue weighted by Crippen LogP contribution is 2.10. The second-order valence-corrected chi connectivity index (χ2v) is 11.2. The van der Waals surface area contributed by atoms with Gasteiger partial charge in [-0.2, -0.15) is 0 Å². The molecule has 0 aliphatic rings. The molecule has 0 bridgehead atoms. The van der Waals surface area contributed by atoms with Gasteiger partial charge < -0.3 is 13.0 Å². The van der Waals surface area contributed by atoms with Crippen molar-refractivity contribution in [2.24, 2.45) is 0 Å². The van der Waals surface area contributed by atoms with E-state index in [0.717, 1.165) is 0 Å². The summed E-state index contributed by atoms with van der Waals surface area (Å²) in [7, 11) is -4.40. The Morgan fingerprint density at radius 3 is 1.75 bits per heavy atom. The summed E-state index contributed by atoms with van der Waals surface area (Å²) >= 11 is 0. The Kier molecular flexibility index (Phi) is 8.16. The lowest BCUT2D eigenvalue weighted by molar-refractivity contribution is 0.266. The van der Waals surface area contributed by atoms with E-state index in [1.165, 1.54) is 10.4 Å². The number of hydrogen-bond acceptors (Lipinski definition) is 3. The second-order valence-electron chi connectivity index (χ2n) is 3.91. The third kappa shape index (κ3) is 6.56. The fraction of sp³-hybridized carbons (Fsp3) is 0.600. The average Bonchev–Trinajstić information content (AvgIpc) is 2.32. The zero-order chi connectivity index (χ0) is 12.6. The monoisotopic (exact) mass is 276 g/mol. The number of allylic oxidation sites excluding steroid dienone is 4. The first kappa shape index (κ1) is 16.0. The Hall–Kier alpha value is 0.0106. The minimum Gasteiger partial charge on any atom is -0.418 e. The highest BCUT2D eigenvalue weighted by Gasteiger charge is 2.33. The minimum atomic E-state index is -2.84. The zero-order valence-electron chi connectivity index (χ0n) is 11.0. The van der Waals surface area contributed by atoms with E-state index in [9.17, 15) is 4.80 Å². The van der Waals surface area contributed by atoms with Gasteiger partial charge >= 0.3 is 8.80 Å². The predicted octanol–water partition coefficient (Wildman–Crippen LogP) is 0.986. The smallest absolute Gasteiger partial charge is 0.418 e. The lowest BCUT2D eigenvalue weighted by Crippen LogP contribution is -2.44. The largest absolute Gasteiger partial charge is 0.476 e. The van der Waals surface area contributed by atoms with Crippen LogP contribution in [0, 0.1) is 0 Å². The topological polar surface area (TPSA) is 38.7 Å². The van der Waals surface area contributed by atoms with Crippen molar-refractivity contribution in [3.8, 4) is 0 Å². The molecule has 0 saturated heterocycles. The molecule has 0 rings (SSSR count). The highest BCUT2D eigenvalue weighted by molar-refractivity contribution is 6.70. The summed E-state index contributed by atoms with van der Waals surface area (Å²) in [6, 6.07) is 0.612. The van der Waals surface area contributed by atoms with E-state index in [1.54, 1.807) is 0 Å². The summed E-state index contributed by atoms with van der Waals surface area (Å²) in [5.41, 5.74) is 0. The molecule has 0 fully saturated rings. The molecule has 0 aliphatic heterocycles. The molecule has 0 amide bonds. The van der Waals surface area contributed by atoms with E-state index in [-0.39, 0.29) is 0 Å². The molecule has 0 saturated carbocycles. The molecule has 0 unspecified atom stereocenters. The molecule has 0 radical (unpaired) electrons. The van der Waals surface area contributed by atoms with Crippen LogP contribution >= 0.6 is 0 Å². The van der Waals surface area contributed by atoms with Gasteiger partial charge in [0.05, 0.1) is 0 Å². The maximum atomic E-state index is 10.2. The molecule has 1 N–H and O–H groups in total. The molecule has 0 spiro atoms. The van der Waals surface area contributed by atoms with Gasteiger partial charge in [-0.05, 0) is 27.7 Å². The van der Waals surface area contributed by atoms with Crippen LogP contribution in [0.1, 0.15) is 34.6 Å². The van der Waals surface area contributed by atoms with Crippen LogP contribution < -0.4 is 0 Å². The van der Waals surface area contributed by atoms with Crippen LogP contribution in [-0.4, -0.2) is 33.1 Å². The van der Waals surface area contributed by atoms with E-state index >= 15 is 0 Å². The van der Waals surface area contributed by atoms with E-state index < -0.39 is 28.3 Å². The van der Waals surface area contributed by atoms with Gasteiger partial charge in [-0.1, -0.05) is 29.5 Å². The fourth-order valence-corrected chi connectivity index (χ4v) is 7.54. The molecule has 6 heteroatoms. The molecular formula is C10H24O3Si3. The molecule has 0 heterocycles. The summed E-state index contributed by atoms with van der Waals surface area (Å²) in [6.07, 6.45) is 4.09. The van der Waals surface area contributed by atoms with Crippen molar-refractivity contribution in [2.45, 2.75) is 40.7 Å². The van der Waals surface area contributed by atoms with Crippen molar-refractivity contribution >= 4 is 28.3 Å². The summed E-state index contributed by atoms with van der Waals surface area (Å²) < 4.78 is 11.4. The van der Waals surface area contributed by atoms with Crippen molar-refractivity contribution in [1.29, 1.82) is 0 Å². The average molecular weight is 277 g/mol. The number of hydrogen-bond donors (Lipinski definition) is 1. The molecule has 16 heavy (non-hydrogen) atoms. The van der Waals surface area contributed by atoms with Crippen molar-refractivity contribution in [1.82, 2.24) is 0 Å². The normalized spacial score (nSPS) is 18.9. The molecule has 0 aromatic carbocycles. The Bertz CT molecular complexity index is 242. The summed E-state index contributed by atoms with van der Waals surface area (Å²) in [5, 5.41) is 2.51. The first-order chi connectivity index (χ1) is 7.47. The first-order valence-electron chi connectivity index (χ1n) is 5.71. The SMILES string of the molecule is CC=C(C)[SiH2]O[Si](O)(CC)O[SiH2]C(C)=CC. The van der Waals surface area contributed by atoms with Gasteiger partial charge in [0.25, 0.3) is 0 Å². The Morgan fingerprint density at radius 1 is 1.12 bits per heavy atom. The first-order valence-corrected chi connectivity index (χ1v) is 10.2. The van der Waals surface area contributed by atoms with Crippen molar-refractivity contribution in [3.63, 3.8) is 0 Å². The van der Waals surface area contributed by atoms with Crippen LogP contribution in [0.2, 0.25) is 6.04 Å². The van der Waals surface area contributed by atoms with Gasteiger partial charge in [0, 0.05) is 6.04 Å². The van der Waals surface area contributed by atoms with E-state index in [1.807, 2.05) is 46.8 Å². The molecule has 0 aromatic heterocycles. The molecule has 0 aliphatic carbocycles. The zero-order valence-corrected chi connectivity index (χ0v) is 14.9. The van der Waals surface area contributed by atoms with Crippen LogP contribution in [0.5, 0.6) is 0 Å². The molecule has 3 nitrogen and oxygen atoms in total. The lowest BCUT2D eigenvalue weighted by Gasteiger charge is -2.24. The number of rotatable bonds is 7. The summed E-state index contributed by atoms with van der Waals surface area (Å²) in [4.78, 5) is 10.2. The molecule has 0 aromatic rings. The van der Waals surface area contributed by atoms with E-state index in [2.05, 4.69) is 0 Å². The molecular weight excluding hydrogens is 252 g/mol. The Balaban J connectivity index is 4.20. The maximum absolute atomic E-state index is 10.2. The van der Waals surface area contributed by atoms with Gasteiger partial charge in [0.15, 0.2) is 19.5 Å². The van der Waals surface area contributed by atoms with Gasteiger partial charge in [0.1, 0.15) is 0 Å². The van der Waals surface area contributed by atoms with Gasteiger partial charge in [-0.3, -0.25) is 0 Å². The van der Waals surface area contributed by atoms with Crippen LogP contribution in [0.25, 0.3) is 0 Å². The van der Waals surface area contributed by atoms with Crippen LogP contribution in [0.4, 0.5) is 0 Å². The Labute approximate surface area is 105 Å². The summed E-state index contributed by atoms with van der Waals surface area (Å²) in [5.74, 6) is 0. The Morgan fingerprint density at radius 2 is 1.50 bits per heavy atom. The van der Waals surface area contributed by atoms with Crippen LogP contribution in [-0.2, 0) is 8.23 Å². The van der Waals surface area contributed by atoms with Crippen molar-refractivity contribution in [2.75, 3.05) is 0 Å².